The van der Waals surface area contributed by atoms with E-state index in [9.17, 15) is 14.4 Å². The topological polar surface area (TPSA) is 101 Å². The molecule has 154 valence electrons. The number of carbonyl (C=O) groups excluding carboxylic acids is 3. The zero-order chi connectivity index (χ0) is 21.8. The highest BCUT2D eigenvalue weighted by atomic mass is 16.2. The second-order valence-corrected chi connectivity index (χ2v) is 8.45. The van der Waals surface area contributed by atoms with Gasteiger partial charge in [0.05, 0.1) is 0 Å². The molecule has 0 bridgehead atoms. The van der Waals surface area contributed by atoms with E-state index >= 15 is 0 Å². The van der Waals surface area contributed by atoms with Crippen LogP contribution in [0.15, 0.2) is 48.5 Å². The molecule has 4 N–H and O–H groups in total. The fourth-order valence-electron chi connectivity index (χ4n) is 2.82. The quantitative estimate of drug-likeness (QED) is 0.698. The second-order valence-electron chi connectivity index (χ2n) is 8.45. The highest BCUT2D eigenvalue weighted by molar-refractivity contribution is 6.01. The van der Waals surface area contributed by atoms with Crippen LogP contribution in [0.2, 0.25) is 0 Å². The van der Waals surface area contributed by atoms with Gasteiger partial charge in [0.15, 0.2) is 0 Å². The molecular weight excluding hydrogens is 366 g/mol. The van der Waals surface area contributed by atoms with Gasteiger partial charge in [-0.3, -0.25) is 14.4 Å². The van der Waals surface area contributed by atoms with Crippen LogP contribution in [-0.2, 0) is 10.2 Å². The fraction of sp³-hybridized carbons (Fsp3) is 0.348. The van der Waals surface area contributed by atoms with Crippen molar-refractivity contribution in [2.75, 3.05) is 5.32 Å². The van der Waals surface area contributed by atoms with Crippen LogP contribution in [-0.4, -0.2) is 23.8 Å². The third-order valence-corrected chi connectivity index (χ3v) is 4.69. The molecule has 0 aliphatic heterocycles. The van der Waals surface area contributed by atoms with Crippen molar-refractivity contribution in [2.24, 2.45) is 11.7 Å². The summed E-state index contributed by atoms with van der Waals surface area (Å²) in [7, 11) is 0. The van der Waals surface area contributed by atoms with Crippen LogP contribution in [0.25, 0.3) is 0 Å². The zero-order valence-corrected chi connectivity index (χ0v) is 17.6. The van der Waals surface area contributed by atoms with E-state index in [1.54, 1.807) is 24.3 Å². The molecule has 29 heavy (non-hydrogen) atoms. The van der Waals surface area contributed by atoms with Crippen molar-refractivity contribution < 1.29 is 14.4 Å². The van der Waals surface area contributed by atoms with Crippen LogP contribution in [0.4, 0.5) is 5.69 Å². The molecule has 3 amide bonds. The number of amides is 3. The lowest BCUT2D eigenvalue weighted by Crippen LogP contribution is -2.47. The van der Waals surface area contributed by atoms with Crippen molar-refractivity contribution in [2.45, 2.75) is 46.1 Å². The van der Waals surface area contributed by atoms with Crippen LogP contribution < -0.4 is 16.4 Å². The van der Waals surface area contributed by atoms with Gasteiger partial charge in [0.25, 0.3) is 5.91 Å². The summed E-state index contributed by atoms with van der Waals surface area (Å²) in [5.41, 5.74) is 7.73. The second kappa shape index (κ2) is 8.90. The Morgan fingerprint density at radius 3 is 1.83 bits per heavy atom. The standard InChI is InChI=1S/C23H29N3O3/c1-14(2)19(22(29)25-18-12-8-15(9-13-18)20(24)27)26-21(28)16-6-10-17(11-7-16)23(3,4)5/h6-14,19H,1-5H3,(H2,24,27)(H,25,29)(H,26,28)/t19-/m0/s1. The Hall–Kier alpha value is -3.15. The first-order chi connectivity index (χ1) is 13.5. The Bertz CT molecular complexity index is 879. The summed E-state index contributed by atoms with van der Waals surface area (Å²) in [4.78, 5) is 36.5. The predicted octanol–water partition coefficient (Wildman–Crippen LogP) is 3.48. The molecule has 2 aromatic carbocycles. The Morgan fingerprint density at radius 1 is 0.862 bits per heavy atom. The monoisotopic (exact) mass is 395 g/mol. The van der Waals surface area contributed by atoms with E-state index in [1.165, 1.54) is 12.1 Å². The number of carbonyl (C=O) groups is 3. The molecule has 6 heteroatoms. The van der Waals surface area contributed by atoms with E-state index < -0.39 is 11.9 Å². The fourth-order valence-corrected chi connectivity index (χ4v) is 2.82. The number of hydrogen-bond donors (Lipinski definition) is 3. The third-order valence-electron chi connectivity index (χ3n) is 4.69. The van der Waals surface area contributed by atoms with E-state index in [0.29, 0.717) is 16.8 Å². The number of nitrogens with two attached hydrogens (primary N) is 1. The van der Waals surface area contributed by atoms with E-state index in [4.69, 9.17) is 5.73 Å². The molecule has 6 nitrogen and oxygen atoms in total. The lowest BCUT2D eigenvalue weighted by Gasteiger charge is -2.22. The normalized spacial score (nSPS) is 12.3. The molecule has 2 rings (SSSR count). The van der Waals surface area contributed by atoms with Gasteiger partial charge in [0.2, 0.25) is 11.8 Å². The molecule has 0 radical (unpaired) electrons. The summed E-state index contributed by atoms with van der Waals surface area (Å²) in [6.07, 6.45) is 0. The Kier molecular flexibility index (Phi) is 6.80. The highest BCUT2D eigenvalue weighted by Crippen LogP contribution is 2.22. The summed E-state index contributed by atoms with van der Waals surface area (Å²) < 4.78 is 0. The van der Waals surface area contributed by atoms with Gasteiger partial charge >= 0.3 is 0 Å². The maximum Gasteiger partial charge on any atom is 0.251 e. The SMILES string of the molecule is CC(C)[C@H](NC(=O)c1ccc(C(C)(C)C)cc1)C(=O)Nc1ccc(C(N)=O)cc1. The van der Waals surface area contributed by atoms with Crippen LogP contribution in [0.3, 0.4) is 0 Å². The molecule has 0 aliphatic carbocycles. The number of benzene rings is 2. The molecule has 2 aromatic rings. The first-order valence-electron chi connectivity index (χ1n) is 9.61. The molecule has 0 aromatic heterocycles. The third kappa shape index (κ3) is 5.91. The molecule has 0 saturated heterocycles. The molecule has 0 heterocycles. The van der Waals surface area contributed by atoms with Gasteiger partial charge in [-0.05, 0) is 53.3 Å². The van der Waals surface area contributed by atoms with Crippen molar-refractivity contribution in [1.29, 1.82) is 0 Å². The Morgan fingerprint density at radius 2 is 1.38 bits per heavy atom. The smallest absolute Gasteiger partial charge is 0.251 e. The summed E-state index contributed by atoms with van der Waals surface area (Å²) >= 11 is 0. The number of primary amides is 1. The number of nitrogens with one attached hydrogen (secondary N) is 2. The number of hydrogen-bond acceptors (Lipinski definition) is 3. The molecule has 0 saturated carbocycles. The summed E-state index contributed by atoms with van der Waals surface area (Å²) in [6, 6.07) is 13.0. The Balaban J connectivity index is 2.09. The minimum absolute atomic E-state index is 0.000573. The maximum absolute atomic E-state index is 12.7. The van der Waals surface area contributed by atoms with Gasteiger partial charge in [-0.2, -0.15) is 0 Å². The van der Waals surface area contributed by atoms with Crippen molar-refractivity contribution in [3.63, 3.8) is 0 Å². The van der Waals surface area contributed by atoms with E-state index in [1.807, 2.05) is 26.0 Å². The van der Waals surface area contributed by atoms with Crippen LogP contribution in [0.1, 0.15) is 60.9 Å². The lowest BCUT2D eigenvalue weighted by atomic mass is 9.86. The molecule has 0 aliphatic rings. The van der Waals surface area contributed by atoms with Gasteiger partial charge in [-0.15, -0.1) is 0 Å². The average Bonchev–Trinajstić information content (AvgIpc) is 2.65. The summed E-state index contributed by atoms with van der Waals surface area (Å²) in [5, 5.41) is 5.59. The lowest BCUT2D eigenvalue weighted by molar-refractivity contribution is -0.118. The van der Waals surface area contributed by atoms with E-state index in [2.05, 4.69) is 31.4 Å². The highest BCUT2D eigenvalue weighted by Gasteiger charge is 2.25. The van der Waals surface area contributed by atoms with E-state index in [-0.39, 0.29) is 23.1 Å². The minimum Gasteiger partial charge on any atom is -0.366 e. The van der Waals surface area contributed by atoms with Crippen LogP contribution in [0.5, 0.6) is 0 Å². The first kappa shape index (κ1) is 22.1. The van der Waals surface area contributed by atoms with Gasteiger partial charge in [-0.1, -0.05) is 46.8 Å². The van der Waals surface area contributed by atoms with Gasteiger partial charge in [-0.25, -0.2) is 0 Å². The first-order valence-corrected chi connectivity index (χ1v) is 9.61. The van der Waals surface area contributed by atoms with Crippen molar-refractivity contribution in [3.05, 3.63) is 65.2 Å². The van der Waals surface area contributed by atoms with Gasteiger partial charge < -0.3 is 16.4 Å². The average molecular weight is 396 g/mol. The zero-order valence-electron chi connectivity index (χ0n) is 17.6. The van der Waals surface area contributed by atoms with Crippen LogP contribution in [0, 0.1) is 5.92 Å². The molecule has 1 atom stereocenters. The largest absolute Gasteiger partial charge is 0.366 e. The van der Waals surface area contributed by atoms with Crippen LogP contribution >= 0.6 is 0 Å². The van der Waals surface area contributed by atoms with Crippen molar-refractivity contribution >= 4 is 23.4 Å². The molecule has 0 unspecified atom stereocenters. The molecular formula is C23H29N3O3. The van der Waals surface area contributed by atoms with Crippen molar-refractivity contribution in [1.82, 2.24) is 5.32 Å². The maximum atomic E-state index is 12.7. The number of rotatable bonds is 6. The summed E-state index contributed by atoms with van der Waals surface area (Å²) in [6.45, 7) is 10.1. The summed E-state index contributed by atoms with van der Waals surface area (Å²) in [5.74, 6) is -1.28. The van der Waals surface area contributed by atoms with E-state index in [0.717, 1.165) is 5.56 Å². The number of anilines is 1. The van der Waals surface area contributed by atoms with Gasteiger partial charge in [0, 0.05) is 16.8 Å². The Labute approximate surface area is 171 Å². The minimum atomic E-state index is -0.708. The van der Waals surface area contributed by atoms with Gasteiger partial charge in [0.1, 0.15) is 6.04 Å². The molecule has 0 spiro atoms. The molecule has 0 fully saturated rings. The van der Waals surface area contributed by atoms with Crippen molar-refractivity contribution in [3.8, 4) is 0 Å². The predicted molar refractivity (Wildman–Crippen MR) is 115 cm³/mol.